The van der Waals surface area contributed by atoms with Crippen molar-refractivity contribution in [2.75, 3.05) is 10.7 Å². The Kier molecular flexibility index (Phi) is 5.95. The van der Waals surface area contributed by atoms with E-state index in [-0.39, 0.29) is 11.9 Å². The lowest BCUT2D eigenvalue weighted by Gasteiger charge is -2.26. The predicted molar refractivity (Wildman–Crippen MR) is 108 cm³/mol. The number of aryl methyl sites for hydroxylation is 1. The molecule has 0 aliphatic rings. The van der Waals surface area contributed by atoms with Crippen LogP contribution in [-0.2, 0) is 18.4 Å². The highest BCUT2D eigenvalue weighted by atomic mass is 32.2. The molecule has 1 amide bonds. The van der Waals surface area contributed by atoms with E-state index in [0.29, 0.717) is 12.3 Å². The van der Waals surface area contributed by atoms with Crippen molar-refractivity contribution in [3.63, 3.8) is 0 Å². The van der Waals surface area contributed by atoms with E-state index in [2.05, 4.69) is 15.2 Å². The molecule has 0 radical (unpaired) electrons. The van der Waals surface area contributed by atoms with E-state index in [4.69, 9.17) is 0 Å². The van der Waals surface area contributed by atoms with Crippen molar-refractivity contribution >= 4 is 23.4 Å². The third-order valence-electron chi connectivity index (χ3n) is 4.11. The lowest BCUT2D eigenvalue weighted by molar-refractivity contribution is -0.116. The van der Waals surface area contributed by atoms with Crippen LogP contribution in [0.25, 0.3) is 11.5 Å². The molecule has 0 bridgehead atoms. The van der Waals surface area contributed by atoms with Crippen molar-refractivity contribution in [3.05, 3.63) is 42.9 Å². The van der Waals surface area contributed by atoms with Crippen molar-refractivity contribution in [1.29, 1.82) is 0 Å². The number of hydrogen-bond donors (Lipinski definition) is 0. The molecule has 1 aromatic carbocycles. The van der Waals surface area contributed by atoms with Gasteiger partial charge in [-0.15, -0.1) is 10.2 Å². The summed E-state index contributed by atoms with van der Waals surface area (Å²) in [4.78, 5) is 19.0. The normalized spacial score (nSPS) is 11.1. The number of aromatic nitrogens is 5. The van der Waals surface area contributed by atoms with Gasteiger partial charge in [-0.05, 0) is 32.9 Å². The molecular weight excluding hydrogens is 360 g/mol. The first-order valence-corrected chi connectivity index (χ1v) is 9.91. The van der Waals surface area contributed by atoms with Crippen LogP contribution in [0.3, 0.4) is 0 Å². The molecule has 0 atom stereocenters. The van der Waals surface area contributed by atoms with Gasteiger partial charge in [0.15, 0.2) is 11.0 Å². The van der Waals surface area contributed by atoms with E-state index in [1.165, 1.54) is 11.8 Å². The Balaban J connectivity index is 1.76. The Morgan fingerprint density at radius 3 is 2.56 bits per heavy atom. The summed E-state index contributed by atoms with van der Waals surface area (Å²) < 4.78 is 3.86. The van der Waals surface area contributed by atoms with Gasteiger partial charge in [-0.3, -0.25) is 4.79 Å². The minimum absolute atomic E-state index is 0.0474. The van der Waals surface area contributed by atoms with Gasteiger partial charge in [0.05, 0.1) is 12.1 Å². The zero-order valence-electron chi connectivity index (χ0n) is 16.0. The molecule has 0 saturated heterocycles. The van der Waals surface area contributed by atoms with Gasteiger partial charge in [-0.2, -0.15) is 0 Å². The largest absolute Gasteiger partial charge is 0.340 e. The SMILES string of the molecule is CCn1c(SCC(=O)N(c2ccccc2)C(C)C)nnc1-c1cn(C)cn1. The van der Waals surface area contributed by atoms with Crippen LogP contribution >= 0.6 is 11.8 Å². The summed E-state index contributed by atoms with van der Waals surface area (Å²) in [7, 11) is 1.92. The van der Waals surface area contributed by atoms with E-state index in [1.807, 2.05) is 78.4 Å². The number of carbonyl (C=O) groups excluding carboxylic acids is 1. The summed E-state index contributed by atoms with van der Waals surface area (Å²) in [6, 6.07) is 9.82. The van der Waals surface area contributed by atoms with Gasteiger partial charge in [0.1, 0.15) is 5.69 Å². The number of hydrogen-bond acceptors (Lipinski definition) is 5. The number of carbonyl (C=O) groups is 1. The number of anilines is 1. The maximum atomic E-state index is 12.9. The first kappa shape index (κ1) is 19.2. The number of imidazole rings is 1. The number of nitrogens with zero attached hydrogens (tertiary/aromatic N) is 6. The molecule has 0 fully saturated rings. The Hall–Kier alpha value is -2.61. The van der Waals surface area contributed by atoms with Gasteiger partial charge in [-0.25, -0.2) is 4.98 Å². The number of amides is 1. The quantitative estimate of drug-likeness (QED) is 0.585. The number of para-hydroxylation sites is 1. The topological polar surface area (TPSA) is 68.8 Å². The Bertz CT molecular complexity index is 902. The van der Waals surface area contributed by atoms with Gasteiger partial charge < -0.3 is 14.0 Å². The highest BCUT2D eigenvalue weighted by molar-refractivity contribution is 7.99. The van der Waals surface area contributed by atoms with E-state index < -0.39 is 0 Å². The highest BCUT2D eigenvalue weighted by Crippen LogP contribution is 2.24. The second kappa shape index (κ2) is 8.39. The molecule has 142 valence electrons. The summed E-state index contributed by atoms with van der Waals surface area (Å²) >= 11 is 1.41. The molecule has 0 aliphatic heterocycles. The fourth-order valence-electron chi connectivity index (χ4n) is 2.91. The fraction of sp³-hybridized carbons (Fsp3) is 0.368. The zero-order chi connectivity index (χ0) is 19.4. The van der Waals surface area contributed by atoms with E-state index in [0.717, 1.165) is 22.4 Å². The van der Waals surface area contributed by atoms with Crippen LogP contribution in [0, 0.1) is 0 Å². The minimum Gasteiger partial charge on any atom is -0.340 e. The van der Waals surface area contributed by atoms with Gasteiger partial charge in [0, 0.05) is 31.5 Å². The first-order valence-electron chi connectivity index (χ1n) is 8.92. The van der Waals surface area contributed by atoms with Crippen LogP contribution in [0.5, 0.6) is 0 Å². The lowest BCUT2D eigenvalue weighted by Crippen LogP contribution is -2.38. The first-order chi connectivity index (χ1) is 13.0. The lowest BCUT2D eigenvalue weighted by atomic mass is 10.2. The van der Waals surface area contributed by atoms with E-state index in [1.54, 1.807) is 6.33 Å². The van der Waals surface area contributed by atoms with Crippen LogP contribution in [0.15, 0.2) is 48.0 Å². The van der Waals surface area contributed by atoms with Gasteiger partial charge in [-0.1, -0.05) is 30.0 Å². The van der Waals surface area contributed by atoms with Crippen molar-refractivity contribution in [2.45, 2.75) is 38.5 Å². The molecule has 0 spiro atoms. The summed E-state index contributed by atoms with van der Waals surface area (Å²) in [5.74, 6) is 1.07. The zero-order valence-corrected chi connectivity index (χ0v) is 16.8. The standard InChI is InChI=1S/C19H24N6OS/c1-5-24-18(16-11-23(4)13-20-16)21-22-19(24)27-12-17(26)25(14(2)3)15-9-7-6-8-10-15/h6-11,13-14H,5,12H2,1-4H3. The maximum Gasteiger partial charge on any atom is 0.237 e. The Morgan fingerprint density at radius 1 is 1.22 bits per heavy atom. The molecular formula is C19H24N6OS. The Morgan fingerprint density at radius 2 is 1.96 bits per heavy atom. The van der Waals surface area contributed by atoms with Gasteiger partial charge >= 0.3 is 0 Å². The number of rotatable bonds is 7. The fourth-order valence-corrected chi connectivity index (χ4v) is 3.77. The molecule has 3 rings (SSSR count). The molecule has 0 unspecified atom stereocenters. The molecule has 0 saturated carbocycles. The second-order valence-corrected chi connectivity index (χ2v) is 7.40. The van der Waals surface area contributed by atoms with Crippen molar-refractivity contribution in [2.24, 2.45) is 7.05 Å². The molecule has 0 aliphatic carbocycles. The predicted octanol–water partition coefficient (Wildman–Crippen LogP) is 3.23. The van der Waals surface area contributed by atoms with Crippen LogP contribution in [0.4, 0.5) is 5.69 Å². The Labute approximate surface area is 163 Å². The summed E-state index contributed by atoms with van der Waals surface area (Å²) in [5.41, 5.74) is 1.68. The second-order valence-electron chi connectivity index (χ2n) is 6.46. The van der Waals surface area contributed by atoms with E-state index in [9.17, 15) is 4.79 Å². The maximum absolute atomic E-state index is 12.9. The van der Waals surface area contributed by atoms with Gasteiger partial charge in [0.2, 0.25) is 5.91 Å². The molecule has 8 heteroatoms. The number of benzene rings is 1. The molecule has 2 heterocycles. The smallest absolute Gasteiger partial charge is 0.237 e. The average molecular weight is 385 g/mol. The minimum atomic E-state index is 0.0474. The van der Waals surface area contributed by atoms with Crippen LogP contribution < -0.4 is 4.90 Å². The van der Waals surface area contributed by atoms with Crippen LogP contribution in [0.2, 0.25) is 0 Å². The molecule has 7 nitrogen and oxygen atoms in total. The van der Waals surface area contributed by atoms with Crippen LogP contribution in [0.1, 0.15) is 20.8 Å². The van der Waals surface area contributed by atoms with Crippen molar-refractivity contribution in [1.82, 2.24) is 24.3 Å². The monoisotopic (exact) mass is 384 g/mol. The van der Waals surface area contributed by atoms with Crippen molar-refractivity contribution in [3.8, 4) is 11.5 Å². The third kappa shape index (κ3) is 4.21. The summed E-state index contributed by atoms with van der Waals surface area (Å²) in [6.45, 7) is 6.78. The van der Waals surface area contributed by atoms with Gasteiger partial charge in [0.25, 0.3) is 0 Å². The van der Waals surface area contributed by atoms with E-state index >= 15 is 0 Å². The molecule has 0 N–H and O–H groups in total. The third-order valence-corrected chi connectivity index (χ3v) is 5.06. The molecule has 27 heavy (non-hydrogen) atoms. The highest BCUT2D eigenvalue weighted by Gasteiger charge is 2.21. The average Bonchev–Trinajstić information content (AvgIpc) is 3.26. The summed E-state index contributed by atoms with van der Waals surface area (Å²) in [5, 5.41) is 9.28. The van der Waals surface area contributed by atoms with Crippen LogP contribution in [-0.4, -0.2) is 42.0 Å². The summed E-state index contributed by atoms with van der Waals surface area (Å²) in [6.07, 6.45) is 3.65. The van der Waals surface area contributed by atoms with Crippen molar-refractivity contribution < 1.29 is 4.79 Å². The molecule has 3 aromatic rings. The molecule has 2 aromatic heterocycles. The number of thioether (sulfide) groups is 1.